The highest BCUT2D eigenvalue weighted by Gasteiger charge is 2.32. The van der Waals surface area contributed by atoms with Crippen LogP contribution in [0.4, 0.5) is 37.6 Å². The number of anilines is 5. The number of benzene rings is 2. The van der Waals surface area contributed by atoms with Gasteiger partial charge in [-0.2, -0.15) is 0 Å². The van der Waals surface area contributed by atoms with Crippen LogP contribution in [-0.4, -0.2) is 42.0 Å². The van der Waals surface area contributed by atoms with Crippen molar-refractivity contribution in [3.8, 4) is 0 Å². The van der Waals surface area contributed by atoms with E-state index in [9.17, 15) is 8.78 Å². The van der Waals surface area contributed by atoms with Gasteiger partial charge in [-0.15, -0.1) is 0 Å². The molecule has 4 aromatic rings. The second kappa shape index (κ2) is 13.2. The smallest absolute Gasteiger partial charge is 0.239 e. The lowest BCUT2D eigenvalue weighted by molar-refractivity contribution is 0.443. The van der Waals surface area contributed by atoms with Crippen LogP contribution in [0.25, 0.3) is 5.70 Å². The molecule has 2 aromatic heterocycles. The molecule has 12 heteroatoms. The van der Waals surface area contributed by atoms with E-state index in [1.54, 1.807) is 4.90 Å². The van der Waals surface area contributed by atoms with Gasteiger partial charge in [-0.1, -0.05) is 31.4 Å². The zero-order valence-electron chi connectivity index (χ0n) is 27.9. The monoisotopic (exact) mass is 686 g/mol. The number of hydrogen-bond donors (Lipinski definition) is 2. The third-order valence-corrected chi connectivity index (χ3v) is 10.1. The van der Waals surface area contributed by atoms with Crippen molar-refractivity contribution in [2.24, 2.45) is 20.0 Å². The summed E-state index contributed by atoms with van der Waals surface area (Å²) in [5.41, 5.74) is 7.10. The van der Waals surface area contributed by atoms with Gasteiger partial charge in [-0.3, -0.25) is 0 Å². The second-order valence-electron chi connectivity index (χ2n) is 13.4. The van der Waals surface area contributed by atoms with Crippen LogP contribution in [0, 0.1) is 11.6 Å². The molecular weight excluding hydrogens is 650 g/mol. The van der Waals surface area contributed by atoms with Crippen molar-refractivity contribution in [1.29, 1.82) is 0 Å². The molecular formula is C39H36F2N8O2. The molecule has 0 amide bonds. The van der Waals surface area contributed by atoms with Gasteiger partial charge in [-0.05, 0) is 80.0 Å². The summed E-state index contributed by atoms with van der Waals surface area (Å²) < 4.78 is 40.2. The number of allylic oxidation sites excluding steroid dienone is 2. The molecule has 1 saturated carbocycles. The lowest BCUT2D eigenvalue weighted by Gasteiger charge is -2.32. The molecule has 10 nitrogen and oxygen atoms in total. The SMILES string of the molecule is Fc1ccoc1Nc1cc(N2CCCCC2)ccc1C1=CC2=CC(c3ccc(C4CCCCC4)cc3Nc3occc3F)=NC3=NC=NC(=N1)N23. The largest absolute Gasteiger partial charge is 0.446 e. The van der Waals surface area contributed by atoms with E-state index in [0.29, 0.717) is 40.6 Å². The topological polar surface area (TPSA) is 106 Å². The minimum atomic E-state index is -0.485. The maximum atomic E-state index is 14.7. The Morgan fingerprint density at radius 3 is 2.14 bits per heavy atom. The Bertz CT molecular complexity index is 2070. The first-order valence-corrected chi connectivity index (χ1v) is 17.6. The summed E-state index contributed by atoms with van der Waals surface area (Å²) in [4.78, 5) is 23.0. The molecule has 258 valence electrons. The van der Waals surface area contributed by atoms with Gasteiger partial charge >= 0.3 is 0 Å². The fourth-order valence-corrected chi connectivity index (χ4v) is 7.53. The molecule has 5 aliphatic rings. The number of halogens is 2. The summed E-state index contributed by atoms with van der Waals surface area (Å²) in [6.45, 7) is 1.93. The van der Waals surface area contributed by atoms with Crippen LogP contribution < -0.4 is 15.5 Å². The zero-order chi connectivity index (χ0) is 34.3. The minimum absolute atomic E-state index is 0.0267. The van der Waals surface area contributed by atoms with E-state index >= 15 is 0 Å². The molecule has 1 aliphatic carbocycles. The van der Waals surface area contributed by atoms with Crippen LogP contribution in [0.2, 0.25) is 0 Å². The van der Waals surface area contributed by atoms with Crippen molar-refractivity contribution in [2.75, 3.05) is 28.6 Å². The highest BCUT2D eigenvalue weighted by Crippen LogP contribution is 2.39. The molecule has 0 spiro atoms. The number of nitrogens with one attached hydrogen (secondary N) is 2. The maximum Gasteiger partial charge on any atom is 0.239 e. The predicted molar refractivity (Wildman–Crippen MR) is 196 cm³/mol. The Hall–Kier alpha value is -5.78. The highest BCUT2D eigenvalue weighted by atomic mass is 19.1. The van der Waals surface area contributed by atoms with Gasteiger partial charge in [0.2, 0.25) is 23.7 Å². The molecule has 2 aromatic carbocycles. The average Bonchev–Trinajstić information content (AvgIpc) is 3.78. The summed E-state index contributed by atoms with van der Waals surface area (Å²) in [6.07, 6.45) is 17.4. The lowest BCUT2D eigenvalue weighted by atomic mass is 9.83. The van der Waals surface area contributed by atoms with Crippen molar-refractivity contribution in [3.63, 3.8) is 0 Å². The van der Waals surface area contributed by atoms with Crippen molar-refractivity contribution < 1.29 is 17.6 Å². The van der Waals surface area contributed by atoms with Gasteiger partial charge in [0.25, 0.3) is 0 Å². The van der Waals surface area contributed by atoms with Crippen LogP contribution in [0.1, 0.15) is 74.0 Å². The molecule has 0 bridgehead atoms. The summed E-state index contributed by atoms with van der Waals surface area (Å²) in [5, 5.41) is 6.38. The Morgan fingerprint density at radius 1 is 0.706 bits per heavy atom. The van der Waals surface area contributed by atoms with Crippen molar-refractivity contribution >= 4 is 58.5 Å². The number of piperidine rings is 1. The van der Waals surface area contributed by atoms with Crippen molar-refractivity contribution in [2.45, 2.75) is 57.3 Å². The molecule has 0 radical (unpaired) electrons. The van der Waals surface area contributed by atoms with E-state index in [4.69, 9.17) is 18.8 Å². The molecule has 4 aliphatic heterocycles. The number of guanidine groups is 2. The standard InChI is InChI=1S/C39H36F2N8O2/c40-30-13-17-50-36(30)44-32-19-25(24-7-3-1-4-8-24)9-11-28(32)34-21-27-22-35(47-39-43-23-42-38(46-34)49(27)39)29-12-10-26(48-15-5-2-6-16-48)20-33(29)45-37-31(41)14-18-51-37/h9-14,17-24,44-45H,1-8,15-16H2. The molecule has 0 unspecified atom stereocenters. The van der Waals surface area contributed by atoms with Gasteiger partial charge in [0.15, 0.2) is 11.6 Å². The molecule has 0 atom stereocenters. The first-order valence-electron chi connectivity index (χ1n) is 17.6. The van der Waals surface area contributed by atoms with E-state index in [1.807, 2.05) is 30.4 Å². The van der Waals surface area contributed by atoms with E-state index in [2.05, 4.69) is 43.7 Å². The van der Waals surface area contributed by atoms with Gasteiger partial charge < -0.3 is 24.4 Å². The first kappa shape index (κ1) is 31.2. The highest BCUT2D eigenvalue weighted by molar-refractivity contribution is 6.24. The number of aliphatic imine (C=N–C) groups is 4. The molecule has 1 saturated heterocycles. The zero-order valence-corrected chi connectivity index (χ0v) is 27.9. The minimum Gasteiger partial charge on any atom is -0.446 e. The number of furan rings is 2. The molecule has 2 N–H and O–H groups in total. The molecule has 51 heavy (non-hydrogen) atoms. The van der Waals surface area contributed by atoms with Crippen molar-refractivity contribution in [1.82, 2.24) is 4.90 Å². The Balaban J connectivity index is 1.13. The number of rotatable bonds is 8. The molecule has 6 heterocycles. The van der Waals surface area contributed by atoms with Crippen LogP contribution in [0.15, 0.2) is 108 Å². The number of nitrogens with zero attached hydrogens (tertiary/aromatic N) is 6. The van der Waals surface area contributed by atoms with Gasteiger partial charge in [-0.25, -0.2) is 33.7 Å². The lowest BCUT2D eigenvalue weighted by Crippen LogP contribution is -2.40. The summed E-state index contributed by atoms with van der Waals surface area (Å²) in [5.74, 6) is 0.371. The average molecular weight is 687 g/mol. The van der Waals surface area contributed by atoms with Gasteiger partial charge in [0, 0.05) is 42.0 Å². The van der Waals surface area contributed by atoms with Crippen LogP contribution in [0.5, 0.6) is 0 Å². The summed E-state index contributed by atoms with van der Waals surface area (Å²) in [7, 11) is 0. The number of hydrogen-bond acceptors (Lipinski definition) is 10. The fourth-order valence-electron chi connectivity index (χ4n) is 7.53. The summed E-state index contributed by atoms with van der Waals surface area (Å²) in [6, 6.07) is 15.0. The summed E-state index contributed by atoms with van der Waals surface area (Å²) >= 11 is 0. The predicted octanol–water partition coefficient (Wildman–Crippen LogP) is 9.47. The van der Waals surface area contributed by atoms with E-state index in [0.717, 1.165) is 61.3 Å². The first-order chi connectivity index (χ1) is 25.1. The molecule has 2 fully saturated rings. The third-order valence-electron chi connectivity index (χ3n) is 10.1. The maximum absolute atomic E-state index is 14.7. The quantitative estimate of drug-likeness (QED) is 0.191. The van der Waals surface area contributed by atoms with Crippen molar-refractivity contribution in [3.05, 3.63) is 107 Å². The fraction of sp³-hybridized carbons (Fsp3) is 0.282. The van der Waals surface area contributed by atoms with E-state index in [1.165, 1.54) is 62.2 Å². The Labute approximate surface area is 293 Å². The molecule has 9 rings (SSSR count). The van der Waals surface area contributed by atoms with Crippen LogP contribution in [-0.2, 0) is 0 Å². The van der Waals surface area contributed by atoms with Gasteiger partial charge in [0.1, 0.15) is 6.34 Å². The second-order valence-corrected chi connectivity index (χ2v) is 13.4. The van der Waals surface area contributed by atoms with Crippen LogP contribution >= 0.6 is 0 Å². The van der Waals surface area contributed by atoms with E-state index < -0.39 is 11.6 Å². The third kappa shape index (κ3) is 6.04. The normalized spacial score (nSPS) is 18.7. The Kier molecular flexibility index (Phi) is 8.06. The Morgan fingerprint density at radius 2 is 1.41 bits per heavy atom. The van der Waals surface area contributed by atoms with Gasteiger partial charge in [0.05, 0.1) is 41.0 Å². The van der Waals surface area contributed by atoms with E-state index in [-0.39, 0.29) is 11.8 Å². The van der Waals surface area contributed by atoms with Crippen LogP contribution in [0.3, 0.4) is 0 Å².